The lowest BCUT2D eigenvalue weighted by molar-refractivity contribution is 0.0693. The van der Waals surface area contributed by atoms with E-state index < -0.39 is 0 Å². The molecule has 2 aromatic carbocycles. The van der Waals surface area contributed by atoms with E-state index >= 15 is 0 Å². The predicted octanol–water partition coefficient (Wildman–Crippen LogP) is 3.03. The fourth-order valence-corrected chi connectivity index (χ4v) is 3.80. The molecule has 0 spiro atoms. The quantitative estimate of drug-likeness (QED) is 0.785. The molecule has 0 aromatic heterocycles. The number of nitrogens with one attached hydrogen (secondary N) is 1. The lowest BCUT2D eigenvalue weighted by atomic mass is 9.89. The standard InChI is InChI=1S/C21H21N3O4/c1-23-19(26)17-7-4-15(12-18(17)20(23)27)22-21(28)24-10-8-14(9-11-24)13-2-5-16(25)6-3-13/h2-7,12,14,25H,8-11H2,1H3,(H,22,28). The molecule has 2 aliphatic heterocycles. The SMILES string of the molecule is CN1C(=O)c2ccc(NC(=O)N3CCC(c4ccc(O)cc4)CC3)cc2C1=O. The highest BCUT2D eigenvalue weighted by Gasteiger charge is 2.33. The Morgan fingerprint density at radius 2 is 1.64 bits per heavy atom. The number of fused-ring (bicyclic) bond motifs is 1. The second-order valence-electron chi connectivity index (χ2n) is 7.21. The van der Waals surface area contributed by atoms with Crippen molar-refractivity contribution in [3.8, 4) is 5.75 Å². The van der Waals surface area contributed by atoms with Crippen molar-refractivity contribution >= 4 is 23.5 Å². The van der Waals surface area contributed by atoms with Gasteiger partial charge in [-0.1, -0.05) is 12.1 Å². The van der Waals surface area contributed by atoms with Crippen LogP contribution in [0.3, 0.4) is 0 Å². The molecule has 7 heteroatoms. The van der Waals surface area contributed by atoms with Gasteiger partial charge < -0.3 is 15.3 Å². The number of anilines is 1. The number of benzene rings is 2. The zero-order chi connectivity index (χ0) is 19.8. The van der Waals surface area contributed by atoms with Crippen molar-refractivity contribution in [2.45, 2.75) is 18.8 Å². The first kappa shape index (κ1) is 18.0. The maximum atomic E-state index is 12.6. The van der Waals surface area contributed by atoms with Crippen LogP contribution in [0.4, 0.5) is 10.5 Å². The van der Waals surface area contributed by atoms with Gasteiger partial charge in [-0.15, -0.1) is 0 Å². The maximum absolute atomic E-state index is 12.6. The van der Waals surface area contributed by atoms with E-state index in [4.69, 9.17) is 0 Å². The Labute approximate surface area is 162 Å². The summed E-state index contributed by atoms with van der Waals surface area (Å²) in [5.41, 5.74) is 2.35. The number of phenols is 1. The van der Waals surface area contributed by atoms with Gasteiger partial charge in [0.15, 0.2) is 0 Å². The van der Waals surface area contributed by atoms with Crippen molar-refractivity contribution in [2.75, 3.05) is 25.5 Å². The van der Waals surface area contributed by atoms with Gasteiger partial charge in [0.1, 0.15) is 5.75 Å². The summed E-state index contributed by atoms with van der Waals surface area (Å²) >= 11 is 0. The summed E-state index contributed by atoms with van der Waals surface area (Å²) in [6, 6.07) is 11.8. The van der Waals surface area contributed by atoms with Crippen LogP contribution < -0.4 is 5.32 Å². The number of hydrogen-bond acceptors (Lipinski definition) is 4. The Kier molecular flexibility index (Phi) is 4.50. The van der Waals surface area contributed by atoms with Crippen molar-refractivity contribution in [1.82, 2.24) is 9.80 Å². The summed E-state index contributed by atoms with van der Waals surface area (Å²) in [5.74, 6) is -0.0647. The minimum atomic E-state index is -0.356. The number of likely N-dealkylation sites (tertiary alicyclic amines) is 1. The van der Waals surface area contributed by atoms with E-state index in [0.29, 0.717) is 35.8 Å². The summed E-state index contributed by atoms with van der Waals surface area (Å²) in [7, 11) is 1.45. The van der Waals surface area contributed by atoms with Crippen LogP contribution in [0.2, 0.25) is 0 Å². The molecule has 1 saturated heterocycles. The van der Waals surface area contributed by atoms with Crippen LogP contribution in [-0.4, -0.2) is 52.9 Å². The molecule has 0 bridgehead atoms. The van der Waals surface area contributed by atoms with Crippen LogP contribution >= 0.6 is 0 Å². The lowest BCUT2D eigenvalue weighted by Gasteiger charge is -2.32. The number of nitrogens with zero attached hydrogens (tertiary/aromatic N) is 2. The molecule has 144 valence electrons. The molecule has 28 heavy (non-hydrogen) atoms. The van der Waals surface area contributed by atoms with Gasteiger partial charge in [0.2, 0.25) is 0 Å². The monoisotopic (exact) mass is 379 g/mol. The van der Waals surface area contributed by atoms with Crippen molar-refractivity contribution < 1.29 is 19.5 Å². The van der Waals surface area contributed by atoms with E-state index in [1.807, 2.05) is 12.1 Å². The number of rotatable bonds is 2. The fraction of sp³-hybridized carbons (Fsp3) is 0.286. The number of urea groups is 1. The molecule has 2 N–H and O–H groups in total. The first-order chi connectivity index (χ1) is 13.4. The van der Waals surface area contributed by atoms with E-state index in [2.05, 4.69) is 5.32 Å². The number of amides is 4. The van der Waals surface area contributed by atoms with Gasteiger partial charge in [0.05, 0.1) is 11.1 Å². The smallest absolute Gasteiger partial charge is 0.321 e. The Morgan fingerprint density at radius 1 is 1.00 bits per heavy atom. The first-order valence-corrected chi connectivity index (χ1v) is 9.25. The van der Waals surface area contributed by atoms with E-state index in [0.717, 1.165) is 17.7 Å². The zero-order valence-electron chi connectivity index (χ0n) is 15.5. The molecule has 2 aliphatic rings. The topological polar surface area (TPSA) is 90.0 Å². The van der Waals surface area contributed by atoms with Crippen LogP contribution in [0.1, 0.15) is 45.0 Å². The Bertz CT molecular complexity index is 947. The molecular formula is C21H21N3O4. The summed E-state index contributed by atoms with van der Waals surface area (Å²) in [4.78, 5) is 39.5. The number of carbonyl (C=O) groups is 3. The van der Waals surface area contributed by atoms with E-state index in [9.17, 15) is 19.5 Å². The van der Waals surface area contributed by atoms with Crippen molar-refractivity contribution in [1.29, 1.82) is 0 Å². The fourth-order valence-electron chi connectivity index (χ4n) is 3.80. The molecular weight excluding hydrogens is 358 g/mol. The minimum absolute atomic E-state index is 0.214. The summed E-state index contributed by atoms with van der Waals surface area (Å²) in [6.45, 7) is 1.25. The van der Waals surface area contributed by atoms with Gasteiger partial charge in [-0.3, -0.25) is 14.5 Å². The van der Waals surface area contributed by atoms with Crippen molar-refractivity contribution in [3.63, 3.8) is 0 Å². The van der Waals surface area contributed by atoms with Gasteiger partial charge in [-0.05, 0) is 54.7 Å². The molecule has 0 unspecified atom stereocenters. The summed E-state index contributed by atoms with van der Waals surface area (Å²) in [5, 5.41) is 12.2. The van der Waals surface area contributed by atoms with E-state index in [1.54, 1.807) is 35.2 Å². The normalized spacial score (nSPS) is 17.0. The number of piperidine rings is 1. The van der Waals surface area contributed by atoms with Crippen molar-refractivity contribution in [2.24, 2.45) is 0 Å². The number of carbonyl (C=O) groups excluding carboxylic acids is 3. The molecule has 0 aliphatic carbocycles. The maximum Gasteiger partial charge on any atom is 0.321 e. The largest absolute Gasteiger partial charge is 0.508 e. The first-order valence-electron chi connectivity index (χ1n) is 9.25. The third-order valence-electron chi connectivity index (χ3n) is 5.49. The van der Waals surface area contributed by atoms with Crippen LogP contribution in [-0.2, 0) is 0 Å². The molecule has 7 nitrogen and oxygen atoms in total. The molecule has 2 heterocycles. The van der Waals surface area contributed by atoms with Crippen LogP contribution in [0.15, 0.2) is 42.5 Å². The van der Waals surface area contributed by atoms with Gasteiger partial charge in [-0.2, -0.15) is 0 Å². The third kappa shape index (κ3) is 3.19. The summed E-state index contributed by atoms with van der Waals surface area (Å²) < 4.78 is 0. The van der Waals surface area contributed by atoms with E-state index in [1.165, 1.54) is 12.6 Å². The minimum Gasteiger partial charge on any atom is -0.508 e. The van der Waals surface area contributed by atoms with Crippen LogP contribution in [0.5, 0.6) is 5.75 Å². The molecule has 4 rings (SSSR count). The highest BCUT2D eigenvalue weighted by Crippen LogP contribution is 2.30. The Balaban J connectivity index is 1.38. The Morgan fingerprint density at radius 3 is 2.32 bits per heavy atom. The molecule has 0 atom stereocenters. The molecule has 4 amide bonds. The third-order valence-corrected chi connectivity index (χ3v) is 5.49. The van der Waals surface area contributed by atoms with Gasteiger partial charge in [0.25, 0.3) is 11.8 Å². The molecule has 0 radical (unpaired) electrons. The second-order valence-corrected chi connectivity index (χ2v) is 7.21. The average molecular weight is 379 g/mol. The average Bonchev–Trinajstić information content (AvgIpc) is 2.92. The second kappa shape index (κ2) is 6.99. The molecule has 1 fully saturated rings. The number of hydrogen-bond donors (Lipinski definition) is 2. The van der Waals surface area contributed by atoms with Crippen molar-refractivity contribution in [3.05, 3.63) is 59.2 Å². The highest BCUT2D eigenvalue weighted by molar-refractivity contribution is 6.21. The summed E-state index contributed by atoms with van der Waals surface area (Å²) in [6.07, 6.45) is 1.69. The molecule has 0 saturated carbocycles. The molecule has 2 aromatic rings. The number of phenolic OH excluding ortho intramolecular Hbond substituents is 1. The van der Waals surface area contributed by atoms with Gasteiger partial charge in [-0.25, -0.2) is 4.79 Å². The lowest BCUT2D eigenvalue weighted by Crippen LogP contribution is -2.40. The highest BCUT2D eigenvalue weighted by atomic mass is 16.3. The zero-order valence-corrected chi connectivity index (χ0v) is 15.5. The Hall–Kier alpha value is -3.35. The van der Waals surface area contributed by atoms with E-state index in [-0.39, 0.29) is 23.6 Å². The van der Waals surface area contributed by atoms with Gasteiger partial charge >= 0.3 is 6.03 Å². The number of imide groups is 1. The predicted molar refractivity (Wildman–Crippen MR) is 104 cm³/mol. The van der Waals surface area contributed by atoms with Gasteiger partial charge in [0, 0.05) is 25.8 Å². The van der Waals surface area contributed by atoms with Crippen LogP contribution in [0, 0.1) is 0 Å². The van der Waals surface area contributed by atoms with Crippen LogP contribution in [0.25, 0.3) is 0 Å². The number of aromatic hydroxyl groups is 1.